The van der Waals surface area contributed by atoms with Crippen LogP contribution in [0.4, 0.5) is 5.69 Å². The third-order valence-electron chi connectivity index (χ3n) is 5.05. The summed E-state index contributed by atoms with van der Waals surface area (Å²) in [5, 5.41) is 12.9. The smallest absolute Gasteiger partial charge is 0.238 e. The minimum atomic E-state index is -0.00187. The average molecular weight is 391 g/mol. The zero-order valence-corrected chi connectivity index (χ0v) is 16.4. The van der Waals surface area contributed by atoms with E-state index in [2.05, 4.69) is 34.5 Å². The van der Waals surface area contributed by atoms with Crippen LogP contribution in [0, 0.1) is 11.3 Å². The zero-order chi connectivity index (χ0) is 19.3. The van der Waals surface area contributed by atoms with Gasteiger partial charge in [0.1, 0.15) is 0 Å². The number of carbonyl (C=O) groups is 1. The van der Waals surface area contributed by atoms with Crippen LogP contribution in [0.5, 0.6) is 0 Å². The first-order valence-electron chi connectivity index (χ1n) is 9.55. The van der Waals surface area contributed by atoms with Crippen molar-refractivity contribution in [2.24, 2.45) is 0 Å². The Labute approximate surface area is 168 Å². The fourth-order valence-electron chi connectivity index (χ4n) is 3.67. The number of piperidine rings is 1. The molecule has 0 unspecified atom stereocenters. The Morgan fingerprint density at radius 1 is 1.25 bits per heavy atom. The predicted octanol–water partition coefficient (Wildman–Crippen LogP) is 4.18. The number of para-hydroxylation sites is 1. The van der Waals surface area contributed by atoms with Gasteiger partial charge in [-0.1, -0.05) is 24.3 Å². The Hall–Kier alpha value is -2.75. The Kier molecular flexibility index (Phi) is 5.65. The van der Waals surface area contributed by atoms with E-state index in [1.807, 2.05) is 30.3 Å². The quantitative estimate of drug-likeness (QED) is 0.709. The summed E-state index contributed by atoms with van der Waals surface area (Å²) in [5.74, 6) is 0.391. The number of amides is 1. The molecular formula is C22H22N4OS. The van der Waals surface area contributed by atoms with Gasteiger partial charge in [0, 0.05) is 18.2 Å². The summed E-state index contributed by atoms with van der Waals surface area (Å²) in [5.41, 5.74) is 2.79. The highest BCUT2D eigenvalue weighted by Crippen LogP contribution is 2.32. The van der Waals surface area contributed by atoms with Crippen molar-refractivity contribution >= 4 is 33.1 Å². The van der Waals surface area contributed by atoms with Crippen LogP contribution >= 0.6 is 11.3 Å². The standard InChI is InChI=1S/C22H22N4OS/c23-12-11-16-7-9-18(10-8-16)24-21(27)15-26-13-3-4-17(14-26)22-25-19-5-1-2-6-20(19)28-22/h1-2,5-10,17H,3-4,11,13-15H2,(H,24,27)/t17-/m0/s1. The van der Waals surface area contributed by atoms with E-state index in [-0.39, 0.29) is 5.91 Å². The largest absolute Gasteiger partial charge is 0.325 e. The maximum absolute atomic E-state index is 12.5. The molecule has 0 radical (unpaired) electrons. The van der Waals surface area contributed by atoms with Gasteiger partial charge in [-0.15, -0.1) is 11.3 Å². The summed E-state index contributed by atoms with van der Waals surface area (Å²) < 4.78 is 1.23. The molecule has 0 aliphatic carbocycles. The number of likely N-dealkylation sites (tertiary alicyclic amines) is 1. The Bertz CT molecular complexity index is 972. The number of hydrogen-bond acceptors (Lipinski definition) is 5. The molecule has 5 nitrogen and oxygen atoms in total. The van der Waals surface area contributed by atoms with Crippen molar-refractivity contribution in [1.29, 1.82) is 5.26 Å². The third kappa shape index (κ3) is 4.38. The minimum Gasteiger partial charge on any atom is -0.325 e. The van der Waals surface area contributed by atoms with E-state index in [4.69, 9.17) is 10.2 Å². The van der Waals surface area contributed by atoms with E-state index in [1.165, 1.54) is 9.71 Å². The summed E-state index contributed by atoms with van der Waals surface area (Å²) in [6.07, 6.45) is 2.59. The highest BCUT2D eigenvalue weighted by molar-refractivity contribution is 7.18. The molecule has 142 valence electrons. The zero-order valence-electron chi connectivity index (χ0n) is 15.6. The number of nitrogens with zero attached hydrogens (tertiary/aromatic N) is 3. The van der Waals surface area contributed by atoms with Crippen LogP contribution in [0.1, 0.15) is 29.3 Å². The molecule has 2 aromatic carbocycles. The van der Waals surface area contributed by atoms with Gasteiger partial charge < -0.3 is 5.32 Å². The molecule has 6 heteroatoms. The number of carbonyl (C=O) groups excluding carboxylic acids is 1. The summed E-state index contributed by atoms with van der Waals surface area (Å²) >= 11 is 1.77. The Morgan fingerprint density at radius 2 is 2.07 bits per heavy atom. The van der Waals surface area contributed by atoms with E-state index >= 15 is 0 Å². The summed E-state index contributed by atoms with van der Waals surface area (Å²) in [6, 6.07) is 17.8. The second kappa shape index (κ2) is 8.51. The number of rotatable bonds is 5. The molecule has 1 aromatic heterocycles. The Morgan fingerprint density at radius 3 is 2.86 bits per heavy atom. The molecular weight excluding hydrogens is 368 g/mol. The topological polar surface area (TPSA) is 69.0 Å². The number of nitriles is 1. The highest BCUT2D eigenvalue weighted by atomic mass is 32.1. The fraction of sp³-hybridized carbons (Fsp3) is 0.318. The SMILES string of the molecule is N#CCc1ccc(NC(=O)CN2CCC[C@H](c3nc4ccccc4s3)C2)cc1. The Balaban J connectivity index is 1.35. The molecule has 1 atom stereocenters. The van der Waals surface area contributed by atoms with E-state index in [0.717, 1.165) is 42.7 Å². The van der Waals surface area contributed by atoms with Crippen LogP contribution in [-0.2, 0) is 11.2 Å². The lowest BCUT2D eigenvalue weighted by Crippen LogP contribution is -2.39. The van der Waals surface area contributed by atoms with Crippen molar-refractivity contribution in [3.05, 3.63) is 59.1 Å². The van der Waals surface area contributed by atoms with Gasteiger partial charge in [0.2, 0.25) is 5.91 Å². The third-order valence-corrected chi connectivity index (χ3v) is 6.25. The second-order valence-electron chi connectivity index (χ2n) is 7.17. The summed E-state index contributed by atoms with van der Waals surface area (Å²) in [6.45, 7) is 2.20. The molecule has 1 aliphatic rings. The van der Waals surface area contributed by atoms with Crippen molar-refractivity contribution in [2.75, 3.05) is 25.0 Å². The molecule has 1 saturated heterocycles. The lowest BCUT2D eigenvalue weighted by Gasteiger charge is -2.31. The van der Waals surface area contributed by atoms with Gasteiger partial charge in [0.25, 0.3) is 0 Å². The normalized spacial score (nSPS) is 17.3. The molecule has 0 spiro atoms. The van der Waals surface area contributed by atoms with Gasteiger partial charge in [-0.05, 0) is 49.2 Å². The van der Waals surface area contributed by atoms with Gasteiger partial charge in [0.15, 0.2) is 0 Å². The summed E-state index contributed by atoms with van der Waals surface area (Å²) in [4.78, 5) is 19.5. The van der Waals surface area contributed by atoms with Gasteiger partial charge in [-0.2, -0.15) is 5.26 Å². The first kappa shape index (κ1) is 18.6. The van der Waals surface area contributed by atoms with Crippen molar-refractivity contribution in [3.8, 4) is 6.07 Å². The van der Waals surface area contributed by atoms with Gasteiger partial charge in [-0.3, -0.25) is 9.69 Å². The van der Waals surface area contributed by atoms with Crippen LogP contribution in [-0.4, -0.2) is 35.4 Å². The van der Waals surface area contributed by atoms with E-state index < -0.39 is 0 Å². The number of nitrogens with one attached hydrogen (secondary N) is 1. The van der Waals surface area contributed by atoms with Crippen LogP contribution < -0.4 is 5.32 Å². The lowest BCUT2D eigenvalue weighted by atomic mass is 9.99. The monoisotopic (exact) mass is 390 g/mol. The van der Waals surface area contributed by atoms with Gasteiger partial charge in [-0.25, -0.2) is 4.98 Å². The molecule has 0 bridgehead atoms. The molecule has 28 heavy (non-hydrogen) atoms. The predicted molar refractivity (Wildman–Crippen MR) is 112 cm³/mol. The highest BCUT2D eigenvalue weighted by Gasteiger charge is 2.25. The van der Waals surface area contributed by atoms with Gasteiger partial charge in [0.05, 0.1) is 34.3 Å². The number of hydrogen-bond donors (Lipinski definition) is 1. The lowest BCUT2D eigenvalue weighted by molar-refractivity contribution is -0.117. The number of thiazole rings is 1. The van der Waals surface area contributed by atoms with Crippen LogP contribution in [0.3, 0.4) is 0 Å². The molecule has 1 N–H and O–H groups in total. The van der Waals surface area contributed by atoms with Crippen molar-refractivity contribution < 1.29 is 4.79 Å². The number of benzene rings is 2. The molecule has 1 amide bonds. The van der Waals surface area contributed by atoms with Crippen molar-refractivity contribution in [1.82, 2.24) is 9.88 Å². The first-order chi connectivity index (χ1) is 13.7. The number of anilines is 1. The van der Waals surface area contributed by atoms with Crippen LogP contribution in [0.2, 0.25) is 0 Å². The molecule has 3 aromatic rings. The summed E-state index contributed by atoms with van der Waals surface area (Å²) in [7, 11) is 0. The fourth-order valence-corrected chi connectivity index (χ4v) is 4.76. The molecule has 0 saturated carbocycles. The second-order valence-corrected chi connectivity index (χ2v) is 8.24. The molecule has 1 fully saturated rings. The number of aromatic nitrogens is 1. The van der Waals surface area contributed by atoms with Crippen molar-refractivity contribution in [3.63, 3.8) is 0 Å². The van der Waals surface area contributed by atoms with Crippen molar-refractivity contribution in [2.45, 2.75) is 25.2 Å². The molecule has 1 aliphatic heterocycles. The van der Waals surface area contributed by atoms with Crippen LogP contribution in [0.15, 0.2) is 48.5 Å². The maximum Gasteiger partial charge on any atom is 0.238 e. The molecule has 2 heterocycles. The van der Waals surface area contributed by atoms with Crippen LogP contribution in [0.25, 0.3) is 10.2 Å². The average Bonchev–Trinajstić information content (AvgIpc) is 3.14. The van der Waals surface area contributed by atoms with E-state index in [9.17, 15) is 4.79 Å². The van der Waals surface area contributed by atoms with E-state index in [1.54, 1.807) is 11.3 Å². The minimum absolute atomic E-state index is 0.00187. The maximum atomic E-state index is 12.5. The van der Waals surface area contributed by atoms with E-state index in [0.29, 0.717) is 18.9 Å². The molecule has 4 rings (SSSR count). The van der Waals surface area contributed by atoms with Gasteiger partial charge >= 0.3 is 0 Å². The first-order valence-corrected chi connectivity index (χ1v) is 10.4. The number of fused-ring (bicyclic) bond motifs is 1.